The van der Waals surface area contributed by atoms with Gasteiger partial charge in [0.2, 0.25) is 0 Å². The van der Waals surface area contributed by atoms with E-state index in [0.717, 1.165) is 34.3 Å². The molecule has 3 aromatic rings. The fourth-order valence-electron chi connectivity index (χ4n) is 3.05. The smallest absolute Gasteiger partial charge is 0.416 e. The van der Waals surface area contributed by atoms with Crippen LogP contribution in [0, 0.1) is 12.8 Å². The highest BCUT2D eigenvalue weighted by Crippen LogP contribution is 2.38. The van der Waals surface area contributed by atoms with Gasteiger partial charge in [-0.1, -0.05) is 24.3 Å². The second kappa shape index (κ2) is 6.31. The van der Waals surface area contributed by atoms with E-state index in [1.165, 1.54) is 25.0 Å². The number of aromatic nitrogens is 1. The number of benzene rings is 2. The van der Waals surface area contributed by atoms with Crippen molar-refractivity contribution in [2.75, 3.05) is 6.61 Å². The highest BCUT2D eigenvalue weighted by molar-refractivity contribution is 5.90. The lowest BCUT2D eigenvalue weighted by atomic mass is 10.0. The third kappa shape index (κ3) is 3.26. The molecule has 0 spiro atoms. The largest absolute Gasteiger partial charge is 0.492 e. The average Bonchev–Trinajstić information content (AvgIpc) is 3.44. The number of nitrogens with zero attached hydrogens (tertiary/aromatic N) is 1. The molecule has 1 aliphatic rings. The van der Waals surface area contributed by atoms with Crippen LogP contribution in [-0.2, 0) is 6.18 Å². The molecule has 4 rings (SSSR count). The third-order valence-electron chi connectivity index (χ3n) is 4.72. The first-order valence-electron chi connectivity index (χ1n) is 8.63. The molecule has 5 heteroatoms. The lowest BCUT2D eigenvalue weighted by Crippen LogP contribution is -2.05. The monoisotopic (exact) mass is 357 g/mol. The number of rotatable bonds is 4. The molecule has 0 bridgehead atoms. The van der Waals surface area contributed by atoms with E-state index in [4.69, 9.17) is 4.74 Å². The zero-order valence-electron chi connectivity index (χ0n) is 14.3. The van der Waals surface area contributed by atoms with Crippen LogP contribution in [0.3, 0.4) is 0 Å². The van der Waals surface area contributed by atoms with Crippen LogP contribution < -0.4 is 4.74 Å². The standard InChI is InChI=1S/C21H18F3NO/c1-13-19(15-8-10-16(11-9-15)21(22,23)24)25-18-5-3-2-4-17(18)20(13)26-12-14-6-7-14/h2-5,8-11,14H,6-7,12H2,1H3. The topological polar surface area (TPSA) is 22.1 Å². The Bertz CT molecular complexity index is 944. The van der Waals surface area contributed by atoms with Crippen LogP contribution in [0.5, 0.6) is 5.75 Å². The van der Waals surface area contributed by atoms with Gasteiger partial charge in [0.1, 0.15) is 5.75 Å². The minimum atomic E-state index is -4.34. The number of fused-ring (bicyclic) bond motifs is 1. The summed E-state index contributed by atoms with van der Waals surface area (Å²) in [4.78, 5) is 4.68. The van der Waals surface area contributed by atoms with Crippen molar-refractivity contribution in [2.45, 2.75) is 25.9 Å². The van der Waals surface area contributed by atoms with Gasteiger partial charge >= 0.3 is 6.18 Å². The zero-order valence-corrected chi connectivity index (χ0v) is 14.3. The Morgan fingerprint density at radius 3 is 2.38 bits per heavy atom. The van der Waals surface area contributed by atoms with Gasteiger partial charge in [0.05, 0.1) is 23.4 Å². The Hall–Kier alpha value is -2.56. The minimum absolute atomic E-state index is 0.607. The van der Waals surface area contributed by atoms with Crippen LogP contribution in [0.15, 0.2) is 48.5 Å². The van der Waals surface area contributed by atoms with Gasteiger partial charge in [-0.2, -0.15) is 13.2 Å². The second-order valence-corrected chi connectivity index (χ2v) is 6.76. The fourth-order valence-corrected chi connectivity index (χ4v) is 3.05. The molecule has 1 aromatic heterocycles. The van der Waals surface area contributed by atoms with Crippen LogP contribution in [-0.4, -0.2) is 11.6 Å². The maximum absolute atomic E-state index is 12.8. The first-order valence-corrected chi connectivity index (χ1v) is 8.63. The lowest BCUT2D eigenvalue weighted by Gasteiger charge is -2.16. The number of halogens is 3. The molecule has 0 atom stereocenters. The highest BCUT2D eigenvalue weighted by atomic mass is 19.4. The van der Waals surface area contributed by atoms with Crippen LogP contribution in [0.25, 0.3) is 22.2 Å². The van der Waals surface area contributed by atoms with E-state index in [1.807, 2.05) is 31.2 Å². The van der Waals surface area contributed by atoms with Crippen molar-refractivity contribution in [1.82, 2.24) is 4.98 Å². The molecule has 1 heterocycles. The first kappa shape index (κ1) is 16.9. The summed E-state index contributed by atoms with van der Waals surface area (Å²) in [6, 6.07) is 12.8. The number of hydrogen-bond acceptors (Lipinski definition) is 2. The number of ether oxygens (including phenoxy) is 1. The zero-order chi connectivity index (χ0) is 18.3. The Balaban J connectivity index is 1.80. The molecular weight excluding hydrogens is 339 g/mol. The van der Waals surface area contributed by atoms with Gasteiger partial charge in [-0.15, -0.1) is 0 Å². The van der Waals surface area contributed by atoms with Gasteiger partial charge in [0.25, 0.3) is 0 Å². The lowest BCUT2D eigenvalue weighted by molar-refractivity contribution is -0.137. The molecule has 0 unspecified atom stereocenters. The van der Waals surface area contributed by atoms with E-state index < -0.39 is 11.7 Å². The van der Waals surface area contributed by atoms with Crippen molar-refractivity contribution in [3.63, 3.8) is 0 Å². The number of para-hydroxylation sites is 1. The van der Waals surface area contributed by atoms with E-state index >= 15 is 0 Å². The summed E-state index contributed by atoms with van der Waals surface area (Å²) in [6.07, 6.45) is -1.97. The summed E-state index contributed by atoms with van der Waals surface area (Å²) < 4.78 is 44.6. The predicted octanol–water partition coefficient (Wildman–Crippen LogP) is 6.02. The average molecular weight is 357 g/mol. The summed E-state index contributed by atoms with van der Waals surface area (Å²) in [5, 5.41) is 0.932. The first-order chi connectivity index (χ1) is 12.4. The molecule has 0 aliphatic heterocycles. The minimum Gasteiger partial charge on any atom is -0.492 e. The van der Waals surface area contributed by atoms with Crippen LogP contribution in [0.1, 0.15) is 24.0 Å². The summed E-state index contributed by atoms with van der Waals surface area (Å²) in [7, 11) is 0. The number of hydrogen-bond donors (Lipinski definition) is 0. The molecule has 1 saturated carbocycles. The van der Waals surface area contributed by atoms with Gasteiger partial charge in [-0.25, -0.2) is 4.98 Å². The number of alkyl halides is 3. The maximum atomic E-state index is 12.8. The molecular formula is C21H18F3NO. The predicted molar refractivity (Wildman–Crippen MR) is 95.1 cm³/mol. The molecule has 0 N–H and O–H groups in total. The molecule has 1 fully saturated rings. The Labute approximate surface area is 149 Å². The van der Waals surface area contributed by atoms with Crippen LogP contribution in [0.2, 0.25) is 0 Å². The Morgan fingerprint density at radius 1 is 1.04 bits per heavy atom. The van der Waals surface area contributed by atoms with E-state index in [2.05, 4.69) is 4.98 Å². The molecule has 0 radical (unpaired) electrons. The van der Waals surface area contributed by atoms with E-state index in [0.29, 0.717) is 23.8 Å². The van der Waals surface area contributed by atoms with Crippen LogP contribution in [0.4, 0.5) is 13.2 Å². The van der Waals surface area contributed by atoms with Gasteiger partial charge in [0, 0.05) is 16.5 Å². The molecule has 134 valence electrons. The molecule has 0 amide bonds. The summed E-state index contributed by atoms with van der Waals surface area (Å²) in [5.41, 5.74) is 2.27. The molecule has 0 saturated heterocycles. The number of pyridine rings is 1. The highest BCUT2D eigenvalue weighted by Gasteiger charge is 2.30. The summed E-state index contributed by atoms with van der Waals surface area (Å²) in [6.45, 7) is 2.58. The molecule has 1 aliphatic carbocycles. The SMILES string of the molecule is Cc1c(-c2ccc(C(F)(F)F)cc2)nc2ccccc2c1OCC1CC1. The van der Waals surface area contributed by atoms with Crippen LogP contribution >= 0.6 is 0 Å². The van der Waals surface area contributed by atoms with Gasteiger partial charge in [0.15, 0.2) is 0 Å². The van der Waals surface area contributed by atoms with E-state index in [-0.39, 0.29) is 0 Å². The fraction of sp³-hybridized carbons (Fsp3) is 0.286. The van der Waals surface area contributed by atoms with Crippen molar-refractivity contribution < 1.29 is 17.9 Å². The molecule has 26 heavy (non-hydrogen) atoms. The Kier molecular flexibility index (Phi) is 4.10. The van der Waals surface area contributed by atoms with Gasteiger partial charge in [-0.3, -0.25) is 0 Å². The van der Waals surface area contributed by atoms with Crippen molar-refractivity contribution in [3.05, 3.63) is 59.7 Å². The van der Waals surface area contributed by atoms with Gasteiger partial charge in [-0.05, 0) is 49.9 Å². The summed E-state index contributed by atoms with van der Waals surface area (Å²) in [5.74, 6) is 1.38. The normalized spacial score (nSPS) is 14.6. The van der Waals surface area contributed by atoms with E-state index in [9.17, 15) is 13.2 Å². The molecule has 2 aromatic carbocycles. The quantitative estimate of drug-likeness (QED) is 0.570. The Morgan fingerprint density at radius 2 is 1.73 bits per heavy atom. The van der Waals surface area contributed by atoms with Crippen molar-refractivity contribution >= 4 is 10.9 Å². The van der Waals surface area contributed by atoms with Crippen molar-refractivity contribution in [1.29, 1.82) is 0 Å². The van der Waals surface area contributed by atoms with Crippen molar-refractivity contribution in [3.8, 4) is 17.0 Å². The van der Waals surface area contributed by atoms with Gasteiger partial charge < -0.3 is 4.74 Å². The summed E-state index contributed by atoms with van der Waals surface area (Å²) >= 11 is 0. The maximum Gasteiger partial charge on any atom is 0.416 e. The van der Waals surface area contributed by atoms with E-state index in [1.54, 1.807) is 0 Å². The molecule has 2 nitrogen and oxygen atoms in total. The second-order valence-electron chi connectivity index (χ2n) is 6.76. The third-order valence-corrected chi connectivity index (χ3v) is 4.72. The van der Waals surface area contributed by atoms with Crippen molar-refractivity contribution in [2.24, 2.45) is 5.92 Å².